The highest BCUT2D eigenvalue weighted by Gasteiger charge is 2.43. The molecular formula is C8H11Cl2NO6P2. The van der Waals surface area contributed by atoms with Crippen molar-refractivity contribution in [2.45, 2.75) is 5.40 Å². The highest BCUT2D eigenvalue weighted by molar-refractivity contribution is 7.70. The Hall–Kier alpha value is -0.100. The lowest BCUT2D eigenvalue weighted by molar-refractivity contribution is 0.340. The number of hydrogen-bond donors (Lipinski definition) is 5. The molecule has 0 bridgehead atoms. The summed E-state index contributed by atoms with van der Waals surface area (Å²) in [5, 5.41) is 0.913. The standard InChI is InChI=1S/C8H11Cl2NO6P2/c9-5-1-6(10)3-7(2-5)11-4-8(18(12,13)14)19(15,16)17/h1-3,8,11H,4H2,(H2,12,13,14)(H2,15,16,17). The first-order valence-electron chi connectivity index (χ1n) is 4.80. The number of benzene rings is 1. The van der Waals surface area contributed by atoms with E-state index in [1.54, 1.807) is 0 Å². The van der Waals surface area contributed by atoms with Crippen molar-refractivity contribution in [2.75, 3.05) is 11.9 Å². The van der Waals surface area contributed by atoms with Crippen LogP contribution in [0.4, 0.5) is 5.69 Å². The van der Waals surface area contributed by atoms with Gasteiger partial charge in [0.15, 0.2) is 5.40 Å². The van der Waals surface area contributed by atoms with Gasteiger partial charge in [0.05, 0.1) is 0 Å². The van der Waals surface area contributed by atoms with Gasteiger partial charge in [-0.05, 0) is 18.2 Å². The zero-order chi connectivity index (χ0) is 14.8. The molecule has 7 nitrogen and oxygen atoms in total. The van der Waals surface area contributed by atoms with E-state index in [1.165, 1.54) is 18.2 Å². The van der Waals surface area contributed by atoms with Gasteiger partial charge in [-0.2, -0.15) is 0 Å². The van der Waals surface area contributed by atoms with Crippen LogP contribution in [0.2, 0.25) is 10.0 Å². The monoisotopic (exact) mass is 349 g/mol. The first-order chi connectivity index (χ1) is 8.50. The van der Waals surface area contributed by atoms with Crippen LogP contribution in [-0.2, 0) is 9.13 Å². The SMILES string of the molecule is O=P(O)(O)C(CNc1cc(Cl)cc(Cl)c1)P(=O)(O)O. The molecule has 5 N–H and O–H groups in total. The largest absolute Gasteiger partial charge is 0.383 e. The molecule has 0 aliphatic heterocycles. The minimum Gasteiger partial charge on any atom is -0.383 e. The van der Waals surface area contributed by atoms with E-state index in [4.69, 9.17) is 42.8 Å². The lowest BCUT2D eigenvalue weighted by atomic mass is 10.3. The Balaban J connectivity index is 2.89. The summed E-state index contributed by atoms with van der Waals surface area (Å²) in [6.07, 6.45) is 0. The van der Waals surface area contributed by atoms with Crippen molar-refractivity contribution < 1.29 is 28.7 Å². The topological polar surface area (TPSA) is 127 Å². The third-order valence-electron chi connectivity index (χ3n) is 2.13. The van der Waals surface area contributed by atoms with Gasteiger partial charge in [0.2, 0.25) is 0 Å². The van der Waals surface area contributed by atoms with Crippen LogP contribution in [0.5, 0.6) is 0 Å². The molecule has 0 aliphatic carbocycles. The van der Waals surface area contributed by atoms with E-state index in [1.807, 2.05) is 0 Å². The average molecular weight is 350 g/mol. The third kappa shape index (κ3) is 5.42. The Morgan fingerprint density at radius 1 is 1.00 bits per heavy atom. The smallest absolute Gasteiger partial charge is 0.342 e. The molecule has 0 saturated heterocycles. The Kier molecular flexibility index (Phi) is 5.46. The normalized spacial score (nSPS) is 12.8. The Morgan fingerprint density at radius 2 is 1.42 bits per heavy atom. The first kappa shape index (κ1) is 17.0. The van der Waals surface area contributed by atoms with E-state index < -0.39 is 27.1 Å². The van der Waals surface area contributed by atoms with Crippen molar-refractivity contribution >= 4 is 44.1 Å². The fourth-order valence-electron chi connectivity index (χ4n) is 1.30. The van der Waals surface area contributed by atoms with E-state index in [-0.39, 0.29) is 10.0 Å². The molecule has 108 valence electrons. The number of anilines is 1. The van der Waals surface area contributed by atoms with Gasteiger partial charge < -0.3 is 24.9 Å². The molecule has 19 heavy (non-hydrogen) atoms. The summed E-state index contributed by atoms with van der Waals surface area (Å²) in [6, 6.07) is 4.26. The fraction of sp³-hybridized carbons (Fsp3) is 0.250. The number of rotatable bonds is 5. The van der Waals surface area contributed by atoms with Crippen LogP contribution in [0.25, 0.3) is 0 Å². The molecule has 0 aliphatic rings. The molecule has 0 spiro atoms. The first-order valence-corrected chi connectivity index (χ1v) is 8.92. The summed E-state index contributed by atoms with van der Waals surface area (Å²) in [6.45, 7) is -0.620. The van der Waals surface area contributed by atoms with Crippen molar-refractivity contribution in [3.05, 3.63) is 28.2 Å². The minimum absolute atomic E-state index is 0.277. The predicted octanol–water partition coefficient (Wildman–Crippen LogP) is 2.09. The molecule has 0 aromatic heterocycles. The van der Waals surface area contributed by atoms with Crippen LogP contribution in [0.1, 0.15) is 0 Å². The van der Waals surface area contributed by atoms with Crippen LogP contribution in [0.15, 0.2) is 18.2 Å². The van der Waals surface area contributed by atoms with Gasteiger partial charge in [0.1, 0.15) is 0 Å². The van der Waals surface area contributed by atoms with Gasteiger partial charge in [0, 0.05) is 22.3 Å². The zero-order valence-electron chi connectivity index (χ0n) is 9.27. The van der Waals surface area contributed by atoms with Gasteiger partial charge in [-0.25, -0.2) is 0 Å². The number of halogens is 2. The number of nitrogens with one attached hydrogen (secondary N) is 1. The minimum atomic E-state index is -4.95. The van der Waals surface area contributed by atoms with Crippen LogP contribution in [-0.4, -0.2) is 31.5 Å². The average Bonchev–Trinajstić information content (AvgIpc) is 2.11. The van der Waals surface area contributed by atoms with Gasteiger partial charge in [-0.3, -0.25) is 9.13 Å². The molecule has 0 fully saturated rings. The van der Waals surface area contributed by atoms with E-state index in [0.717, 1.165) is 0 Å². The van der Waals surface area contributed by atoms with Crippen molar-refractivity contribution in [1.29, 1.82) is 0 Å². The van der Waals surface area contributed by atoms with Crippen LogP contribution in [0, 0.1) is 0 Å². The quantitative estimate of drug-likeness (QED) is 0.515. The summed E-state index contributed by atoms with van der Waals surface area (Å²) >= 11 is 11.4. The van der Waals surface area contributed by atoms with Crippen LogP contribution < -0.4 is 5.32 Å². The molecular weight excluding hydrogens is 339 g/mol. The summed E-state index contributed by atoms with van der Waals surface area (Å²) in [5.74, 6) is 0. The highest BCUT2D eigenvalue weighted by Crippen LogP contribution is 2.59. The maximum atomic E-state index is 11.0. The second kappa shape index (κ2) is 6.12. The van der Waals surface area contributed by atoms with Gasteiger partial charge in [0.25, 0.3) is 0 Å². The second-order valence-corrected chi connectivity index (χ2v) is 8.58. The summed E-state index contributed by atoms with van der Waals surface area (Å²) < 4.78 is 22.1. The molecule has 0 amide bonds. The highest BCUT2D eigenvalue weighted by atomic mass is 35.5. The lowest BCUT2D eigenvalue weighted by Crippen LogP contribution is -2.20. The van der Waals surface area contributed by atoms with Crippen molar-refractivity contribution in [2.24, 2.45) is 0 Å². The molecule has 0 saturated carbocycles. The molecule has 0 radical (unpaired) electrons. The zero-order valence-corrected chi connectivity index (χ0v) is 12.6. The van der Waals surface area contributed by atoms with E-state index in [2.05, 4.69) is 5.32 Å². The van der Waals surface area contributed by atoms with E-state index in [9.17, 15) is 9.13 Å². The molecule has 0 unspecified atom stereocenters. The lowest BCUT2D eigenvalue weighted by Gasteiger charge is -2.20. The molecule has 1 aromatic rings. The maximum absolute atomic E-state index is 11.0. The van der Waals surface area contributed by atoms with Gasteiger partial charge >= 0.3 is 15.2 Å². The predicted molar refractivity (Wildman–Crippen MR) is 72.8 cm³/mol. The second-order valence-electron chi connectivity index (χ2n) is 3.70. The van der Waals surface area contributed by atoms with Gasteiger partial charge in [-0.15, -0.1) is 0 Å². The molecule has 1 aromatic carbocycles. The summed E-state index contributed by atoms with van der Waals surface area (Å²) in [7, 11) is -9.90. The van der Waals surface area contributed by atoms with Crippen molar-refractivity contribution in [1.82, 2.24) is 0 Å². The molecule has 0 atom stereocenters. The Bertz CT molecular complexity index is 514. The summed E-state index contributed by atoms with van der Waals surface area (Å²) in [5.41, 5.74) is 0.296. The third-order valence-corrected chi connectivity index (χ3v) is 6.29. The Morgan fingerprint density at radius 3 is 1.79 bits per heavy atom. The van der Waals surface area contributed by atoms with E-state index in [0.29, 0.717) is 5.69 Å². The molecule has 11 heteroatoms. The van der Waals surface area contributed by atoms with E-state index >= 15 is 0 Å². The van der Waals surface area contributed by atoms with Crippen LogP contribution >= 0.6 is 38.4 Å². The Labute approximate surface area is 118 Å². The molecule has 0 heterocycles. The van der Waals surface area contributed by atoms with Crippen molar-refractivity contribution in [3.63, 3.8) is 0 Å². The van der Waals surface area contributed by atoms with Crippen LogP contribution in [0.3, 0.4) is 0 Å². The maximum Gasteiger partial charge on any atom is 0.342 e. The number of hydrogen-bond acceptors (Lipinski definition) is 3. The summed E-state index contributed by atoms with van der Waals surface area (Å²) in [4.78, 5) is 35.7. The fourth-order valence-corrected chi connectivity index (χ4v) is 4.05. The molecule has 1 rings (SSSR count). The van der Waals surface area contributed by atoms with Crippen molar-refractivity contribution in [3.8, 4) is 0 Å². The van der Waals surface area contributed by atoms with Gasteiger partial charge in [-0.1, -0.05) is 23.2 Å².